The Kier molecular flexibility index (Phi) is 4.96. The van der Waals surface area contributed by atoms with Gasteiger partial charge in [0.1, 0.15) is 5.82 Å². The van der Waals surface area contributed by atoms with Crippen LogP contribution in [-0.2, 0) is 12.1 Å². The van der Waals surface area contributed by atoms with E-state index in [9.17, 15) is 9.50 Å². The zero-order valence-electron chi connectivity index (χ0n) is 15.2. The fraction of sp³-hybridized carbons (Fsp3) is 0.455. The van der Waals surface area contributed by atoms with Gasteiger partial charge in [-0.1, -0.05) is 30.3 Å². The van der Waals surface area contributed by atoms with Gasteiger partial charge in [0.2, 0.25) is 0 Å². The molecule has 0 saturated carbocycles. The molecule has 2 aromatic rings. The predicted octanol–water partition coefficient (Wildman–Crippen LogP) is 3.91. The van der Waals surface area contributed by atoms with Crippen molar-refractivity contribution in [2.75, 3.05) is 31.1 Å². The lowest BCUT2D eigenvalue weighted by molar-refractivity contribution is -0.0277. The molecule has 2 aliphatic heterocycles. The van der Waals surface area contributed by atoms with E-state index >= 15 is 0 Å². The number of anilines is 1. The van der Waals surface area contributed by atoms with Crippen molar-refractivity contribution in [2.24, 2.45) is 0 Å². The van der Waals surface area contributed by atoms with Crippen LogP contribution in [0.1, 0.15) is 36.8 Å². The van der Waals surface area contributed by atoms with Crippen LogP contribution < -0.4 is 4.90 Å². The van der Waals surface area contributed by atoms with Gasteiger partial charge >= 0.3 is 0 Å². The van der Waals surface area contributed by atoms with Crippen molar-refractivity contribution in [3.8, 4) is 0 Å². The maximum Gasteiger partial charge on any atom is 0.123 e. The second-order valence-electron chi connectivity index (χ2n) is 7.64. The molecule has 26 heavy (non-hydrogen) atoms. The summed E-state index contributed by atoms with van der Waals surface area (Å²) < 4.78 is 13.2. The Morgan fingerprint density at radius 3 is 2.23 bits per heavy atom. The van der Waals surface area contributed by atoms with Crippen LogP contribution in [0.5, 0.6) is 0 Å². The Morgan fingerprint density at radius 2 is 1.54 bits per heavy atom. The number of rotatable bonds is 4. The summed E-state index contributed by atoms with van der Waals surface area (Å²) in [7, 11) is 0. The van der Waals surface area contributed by atoms with Crippen molar-refractivity contribution >= 4 is 5.69 Å². The average molecular weight is 354 g/mol. The molecule has 2 aliphatic rings. The average Bonchev–Trinajstić information content (AvgIpc) is 3.19. The van der Waals surface area contributed by atoms with E-state index in [0.717, 1.165) is 38.3 Å². The van der Waals surface area contributed by atoms with Gasteiger partial charge in [-0.15, -0.1) is 0 Å². The monoisotopic (exact) mass is 354 g/mol. The number of piperidine rings is 1. The molecule has 2 heterocycles. The molecule has 4 heteroatoms. The normalized spacial score (nSPS) is 20.5. The molecule has 0 radical (unpaired) electrons. The summed E-state index contributed by atoms with van der Waals surface area (Å²) in [5.74, 6) is -0.256. The van der Waals surface area contributed by atoms with Crippen molar-refractivity contribution in [3.63, 3.8) is 0 Å². The molecule has 0 amide bonds. The van der Waals surface area contributed by atoms with Gasteiger partial charge in [-0.2, -0.15) is 0 Å². The minimum Gasteiger partial charge on any atom is -0.385 e. The second kappa shape index (κ2) is 7.37. The molecule has 0 aliphatic carbocycles. The first kappa shape index (κ1) is 17.5. The fourth-order valence-corrected chi connectivity index (χ4v) is 4.28. The summed E-state index contributed by atoms with van der Waals surface area (Å²) in [6.45, 7) is 4.93. The summed E-state index contributed by atoms with van der Waals surface area (Å²) in [6, 6.07) is 15.0. The molecular formula is C22H27FN2O. The highest BCUT2D eigenvalue weighted by Crippen LogP contribution is 2.34. The second-order valence-corrected chi connectivity index (χ2v) is 7.64. The molecule has 2 aromatic carbocycles. The summed E-state index contributed by atoms with van der Waals surface area (Å²) in [5.41, 5.74) is 2.74. The Bertz CT molecular complexity index is 732. The lowest BCUT2D eigenvalue weighted by atomic mass is 9.84. The molecule has 0 aromatic heterocycles. The first-order chi connectivity index (χ1) is 12.6. The Hall–Kier alpha value is -1.91. The van der Waals surface area contributed by atoms with Gasteiger partial charge in [-0.3, -0.25) is 4.90 Å². The molecule has 3 nitrogen and oxygen atoms in total. The minimum absolute atomic E-state index is 0.256. The molecular weight excluding hydrogens is 327 g/mol. The van der Waals surface area contributed by atoms with E-state index < -0.39 is 5.60 Å². The lowest BCUT2D eigenvalue weighted by Crippen LogP contribution is -2.42. The summed E-state index contributed by atoms with van der Waals surface area (Å²) >= 11 is 0. The number of hydrogen-bond donors (Lipinski definition) is 1. The first-order valence-electron chi connectivity index (χ1n) is 9.68. The Labute approximate surface area is 155 Å². The fourth-order valence-electron chi connectivity index (χ4n) is 4.28. The molecule has 0 spiro atoms. The molecule has 0 unspecified atom stereocenters. The smallest absolute Gasteiger partial charge is 0.123 e. The summed E-state index contributed by atoms with van der Waals surface area (Å²) in [5, 5.41) is 11.0. The number of hydrogen-bond acceptors (Lipinski definition) is 3. The summed E-state index contributed by atoms with van der Waals surface area (Å²) in [6.07, 6.45) is 3.93. The minimum atomic E-state index is -0.835. The van der Waals surface area contributed by atoms with Crippen LogP contribution >= 0.6 is 0 Å². The highest BCUT2D eigenvalue weighted by atomic mass is 19.1. The molecule has 2 saturated heterocycles. The quantitative estimate of drug-likeness (QED) is 0.902. The van der Waals surface area contributed by atoms with Gasteiger partial charge < -0.3 is 10.0 Å². The standard InChI is InChI=1S/C22H27FN2O/c23-20-9-7-19(8-10-20)22(26)11-15-24(16-12-22)17-18-5-1-2-6-21(18)25-13-3-4-14-25/h1-2,5-10,26H,3-4,11-17H2. The maximum absolute atomic E-state index is 13.2. The van der Waals surface area contributed by atoms with Gasteiger partial charge in [-0.05, 0) is 55.0 Å². The molecule has 0 atom stereocenters. The van der Waals surface area contributed by atoms with Gasteiger partial charge in [0, 0.05) is 38.4 Å². The van der Waals surface area contributed by atoms with E-state index in [1.807, 2.05) is 0 Å². The maximum atomic E-state index is 13.2. The van der Waals surface area contributed by atoms with Crippen molar-refractivity contribution < 1.29 is 9.50 Å². The van der Waals surface area contributed by atoms with E-state index in [1.54, 1.807) is 12.1 Å². The third-order valence-corrected chi connectivity index (χ3v) is 5.90. The van der Waals surface area contributed by atoms with Crippen LogP contribution in [0.3, 0.4) is 0 Å². The van der Waals surface area contributed by atoms with Gasteiger partial charge in [0.25, 0.3) is 0 Å². The summed E-state index contributed by atoms with van der Waals surface area (Å²) in [4.78, 5) is 4.92. The largest absolute Gasteiger partial charge is 0.385 e. The third kappa shape index (κ3) is 3.62. The number of halogens is 1. The third-order valence-electron chi connectivity index (χ3n) is 5.90. The van der Waals surface area contributed by atoms with Crippen LogP contribution in [0, 0.1) is 5.82 Å². The van der Waals surface area contributed by atoms with E-state index in [-0.39, 0.29) is 5.82 Å². The first-order valence-corrected chi connectivity index (χ1v) is 9.68. The highest BCUT2D eigenvalue weighted by molar-refractivity contribution is 5.54. The Morgan fingerprint density at radius 1 is 0.885 bits per heavy atom. The topological polar surface area (TPSA) is 26.7 Å². The predicted molar refractivity (Wildman–Crippen MR) is 103 cm³/mol. The number of likely N-dealkylation sites (tertiary alicyclic amines) is 1. The van der Waals surface area contributed by atoms with Crippen molar-refractivity contribution in [1.29, 1.82) is 0 Å². The molecule has 1 N–H and O–H groups in total. The van der Waals surface area contributed by atoms with E-state index in [2.05, 4.69) is 34.1 Å². The van der Waals surface area contributed by atoms with Crippen LogP contribution in [-0.4, -0.2) is 36.2 Å². The molecule has 4 rings (SSSR count). The van der Waals surface area contributed by atoms with Crippen LogP contribution in [0.2, 0.25) is 0 Å². The van der Waals surface area contributed by atoms with Gasteiger partial charge in [-0.25, -0.2) is 4.39 Å². The van der Waals surface area contributed by atoms with E-state index in [0.29, 0.717) is 12.8 Å². The van der Waals surface area contributed by atoms with Crippen LogP contribution in [0.4, 0.5) is 10.1 Å². The van der Waals surface area contributed by atoms with E-state index in [4.69, 9.17) is 0 Å². The molecule has 0 bridgehead atoms. The van der Waals surface area contributed by atoms with E-state index in [1.165, 1.54) is 36.2 Å². The number of aliphatic hydroxyl groups is 1. The van der Waals surface area contributed by atoms with Crippen molar-refractivity contribution in [1.82, 2.24) is 4.90 Å². The van der Waals surface area contributed by atoms with Crippen molar-refractivity contribution in [2.45, 2.75) is 37.8 Å². The lowest BCUT2D eigenvalue weighted by Gasteiger charge is -2.39. The highest BCUT2D eigenvalue weighted by Gasteiger charge is 2.34. The van der Waals surface area contributed by atoms with Crippen LogP contribution in [0.15, 0.2) is 48.5 Å². The Balaban J connectivity index is 1.42. The SMILES string of the molecule is OC1(c2ccc(F)cc2)CCN(Cc2ccccc2N2CCCC2)CC1. The molecule has 138 valence electrons. The zero-order valence-corrected chi connectivity index (χ0v) is 15.2. The van der Waals surface area contributed by atoms with Crippen molar-refractivity contribution in [3.05, 3.63) is 65.5 Å². The van der Waals surface area contributed by atoms with Gasteiger partial charge in [0.15, 0.2) is 0 Å². The molecule has 2 fully saturated rings. The van der Waals surface area contributed by atoms with Gasteiger partial charge in [0.05, 0.1) is 5.60 Å². The number of nitrogens with zero attached hydrogens (tertiary/aromatic N) is 2. The number of para-hydroxylation sites is 1. The number of benzene rings is 2. The van der Waals surface area contributed by atoms with Crippen LogP contribution in [0.25, 0.3) is 0 Å². The zero-order chi connectivity index (χ0) is 18.0.